The Kier molecular flexibility index (Phi) is 4.76. The zero-order valence-electron chi connectivity index (χ0n) is 14.7. The number of nitro groups is 1. The molecule has 3 rings (SSSR count). The van der Waals surface area contributed by atoms with Gasteiger partial charge in [0.1, 0.15) is 6.54 Å². The van der Waals surface area contributed by atoms with Crippen molar-refractivity contribution >= 4 is 23.4 Å². The lowest BCUT2D eigenvalue weighted by Crippen LogP contribution is -2.48. The van der Waals surface area contributed by atoms with Crippen LogP contribution in [0, 0.1) is 22.0 Å². The lowest BCUT2D eigenvalue weighted by atomic mass is 9.78. The van der Waals surface area contributed by atoms with E-state index < -0.39 is 16.7 Å². The van der Waals surface area contributed by atoms with Crippen LogP contribution in [0.4, 0.5) is 5.69 Å². The van der Waals surface area contributed by atoms with Crippen LogP contribution in [0.1, 0.15) is 53.8 Å². The van der Waals surface area contributed by atoms with E-state index in [1.54, 1.807) is 0 Å². The van der Waals surface area contributed by atoms with Gasteiger partial charge in [-0.25, -0.2) is 0 Å². The molecule has 1 aliphatic heterocycles. The number of hydrogen-bond donors (Lipinski definition) is 1. The molecule has 1 aliphatic carbocycles. The Morgan fingerprint density at radius 3 is 2.62 bits per heavy atom. The van der Waals surface area contributed by atoms with E-state index in [9.17, 15) is 24.5 Å². The van der Waals surface area contributed by atoms with Crippen LogP contribution >= 0.6 is 0 Å². The van der Waals surface area contributed by atoms with Crippen molar-refractivity contribution in [1.29, 1.82) is 0 Å². The Balaban J connectivity index is 1.70. The minimum Gasteiger partial charge on any atom is -0.352 e. The average Bonchev–Trinajstić information content (AvgIpc) is 2.83. The molecule has 3 amide bonds. The second-order valence-corrected chi connectivity index (χ2v) is 7.12. The van der Waals surface area contributed by atoms with Crippen LogP contribution in [0.15, 0.2) is 18.2 Å². The number of hydrogen-bond acceptors (Lipinski definition) is 5. The molecule has 0 radical (unpaired) electrons. The highest BCUT2D eigenvalue weighted by Crippen LogP contribution is 2.30. The van der Waals surface area contributed by atoms with E-state index in [-0.39, 0.29) is 35.3 Å². The predicted octanol–water partition coefficient (Wildman–Crippen LogP) is 2.13. The molecule has 0 saturated heterocycles. The van der Waals surface area contributed by atoms with Crippen LogP contribution in [0.25, 0.3) is 0 Å². The molecule has 1 aromatic rings. The van der Waals surface area contributed by atoms with Crippen LogP contribution in [-0.4, -0.2) is 40.1 Å². The second kappa shape index (κ2) is 6.86. The number of benzene rings is 1. The van der Waals surface area contributed by atoms with Crippen LogP contribution in [0.3, 0.4) is 0 Å². The van der Waals surface area contributed by atoms with Gasteiger partial charge in [-0.15, -0.1) is 0 Å². The largest absolute Gasteiger partial charge is 0.352 e. The van der Waals surface area contributed by atoms with Gasteiger partial charge in [0.2, 0.25) is 5.91 Å². The standard InChI is InChI=1S/C18H21N3O5/c1-10-4-3-5-15(11(10)2)19-16(22)9-20-17(23)13-7-6-12(21(25)26)8-14(13)18(20)24/h6-8,10-11,15H,3-5,9H2,1-2H3,(H,19,22). The van der Waals surface area contributed by atoms with Gasteiger partial charge in [-0.1, -0.05) is 26.7 Å². The van der Waals surface area contributed by atoms with Gasteiger partial charge < -0.3 is 5.32 Å². The predicted molar refractivity (Wildman–Crippen MR) is 92.6 cm³/mol. The Labute approximate surface area is 150 Å². The Morgan fingerprint density at radius 2 is 1.92 bits per heavy atom. The molecule has 0 aromatic heterocycles. The number of nitrogens with one attached hydrogen (secondary N) is 1. The fourth-order valence-corrected chi connectivity index (χ4v) is 3.72. The van der Waals surface area contributed by atoms with Crippen molar-refractivity contribution in [2.75, 3.05) is 6.54 Å². The summed E-state index contributed by atoms with van der Waals surface area (Å²) >= 11 is 0. The Bertz CT molecular complexity index is 791. The normalized spacial score (nSPS) is 25.2. The van der Waals surface area contributed by atoms with E-state index in [1.807, 2.05) is 0 Å². The molecule has 8 nitrogen and oxygen atoms in total. The summed E-state index contributed by atoms with van der Waals surface area (Å²) in [5.74, 6) is -0.819. The number of rotatable bonds is 4. The Hall–Kier alpha value is -2.77. The topological polar surface area (TPSA) is 110 Å². The molecule has 1 fully saturated rings. The van der Waals surface area contributed by atoms with Gasteiger partial charge in [0.25, 0.3) is 17.5 Å². The number of nitrogens with zero attached hydrogens (tertiary/aromatic N) is 2. The minimum absolute atomic E-state index is 0.0301. The highest BCUT2D eigenvalue weighted by atomic mass is 16.6. The van der Waals surface area contributed by atoms with E-state index in [2.05, 4.69) is 19.2 Å². The van der Waals surface area contributed by atoms with E-state index >= 15 is 0 Å². The zero-order chi connectivity index (χ0) is 19.0. The van der Waals surface area contributed by atoms with E-state index in [0.717, 1.165) is 30.2 Å². The van der Waals surface area contributed by atoms with Crippen LogP contribution in [0.5, 0.6) is 0 Å². The quantitative estimate of drug-likeness (QED) is 0.503. The monoisotopic (exact) mass is 359 g/mol. The van der Waals surface area contributed by atoms with Crippen LogP contribution in [-0.2, 0) is 4.79 Å². The zero-order valence-corrected chi connectivity index (χ0v) is 14.7. The number of nitro benzene ring substituents is 1. The molecule has 1 N–H and O–H groups in total. The lowest BCUT2D eigenvalue weighted by molar-refractivity contribution is -0.384. The summed E-state index contributed by atoms with van der Waals surface area (Å²) in [5.41, 5.74) is -0.203. The molecular formula is C18H21N3O5. The smallest absolute Gasteiger partial charge is 0.270 e. The molecule has 0 bridgehead atoms. The first-order chi connectivity index (χ1) is 12.3. The number of carbonyl (C=O) groups is 3. The summed E-state index contributed by atoms with van der Waals surface area (Å²) in [4.78, 5) is 48.3. The number of fused-ring (bicyclic) bond motifs is 1. The van der Waals surface area contributed by atoms with Gasteiger partial charge in [0, 0.05) is 18.2 Å². The molecular weight excluding hydrogens is 338 g/mol. The second-order valence-electron chi connectivity index (χ2n) is 7.12. The maximum absolute atomic E-state index is 12.4. The van der Waals surface area contributed by atoms with Crippen molar-refractivity contribution in [3.8, 4) is 0 Å². The molecule has 3 atom stereocenters. The number of non-ortho nitro benzene ring substituents is 1. The third-order valence-electron chi connectivity index (χ3n) is 5.52. The molecule has 2 aliphatic rings. The van der Waals surface area contributed by atoms with Crippen LogP contribution in [0.2, 0.25) is 0 Å². The average molecular weight is 359 g/mol. The van der Waals surface area contributed by atoms with Crippen LogP contribution < -0.4 is 5.32 Å². The number of carbonyl (C=O) groups excluding carboxylic acids is 3. The first-order valence-electron chi connectivity index (χ1n) is 8.73. The van der Waals surface area contributed by atoms with Gasteiger partial charge >= 0.3 is 0 Å². The van der Waals surface area contributed by atoms with Gasteiger partial charge in [-0.2, -0.15) is 0 Å². The summed E-state index contributed by atoms with van der Waals surface area (Å²) < 4.78 is 0. The molecule has 1 saturated carbocycles. The fraction of sp³-hybridized carbons (Fsp3) is 0.500. The van der Waals surface area contributed by atoms with Crippen molar-refractivity contribution in [2.45, 2.75) is 39.2 Å². The maximum Gasteiger partial charge on any atom is 0.270 e. The maximum atomic E-state index is 12.4. The lowest BCUT2D eigenvalue weighted by Gasteiger charge is -2.34. The van der Waals surface area contributed by atoms with Crippen molar-refractivity contribution in [2.24, 2.45) is 11.8 Å². The Morgan fingerprint density at radius 1 is 1.23 bits per heavy atom. The highest BCUT2D eigenvalue weighted by molar-refractivity contribution is 6.22. The molecule has 1 aromatic carbocycles. The molecule has 8 heteroatoms. The SMILES string of the molecule is CC1CCCC(NC(=O)CN2C(=O)c3ccc([N+](=O)[O-])cc3C2=O)C1C. The summed E-state index contributed by atoms with van der Waals surface area (Å²) in [5, 5.41) is 13.8. The first-order valence-corrected chi connectivity index (χ1v) is 8.73. The first kappa shape index (κ1) is 18.0. The molecule has 138 valence electrons. The third kappa shape index (κ3) is 3.18. The highest BCUT2D eigenvalue weighted by Gasteiger charge is 2.38. The molecule has 3 unspecified atom stereocenters. The van der Waals surface area contributed by atoms with Gasteiger partial charge in [0.05, 0.1) is 16.1 Å². The van der Waals surface area contributed by atoms with Gasteiger partial charge in [-0.05, 0) is 24.3 Å². The van der Waals surface area contributed by atoms with Crippen molar-refractivity contribution < 1.29 is 19.3 Å². The summed E-state index contributed by atoms with van der Waals surface area (Å²) in [6, 6.07) is 3.55. The summed E-state index contributed by atoms with van der Waals surface area (Å²) in [6.07, 6.45) is 3.05. The van der Waals surface area contributed by atoms with Crippen molar-refractivity contribution in [3.63, 3.8) is 0 Å². The third-order valence-corrected chi connectivity index (χ3v) is 5.52. The van der Waals surface area contributed by atoms with E-state index in [0.29, 0.717) is 11.8 Å². The number of imide groups is 1. The van der Waals surface area contributed by atoms with E-state index in [4.69, 9.17) is 0 Å². The van der Waals surface area contributed by atoms with E-state index in [1.165, 1.54) is 12.1 Å². The summed E-state index contributed by atoms with van der Waals surface area (Å²) in [6.45, 7) is 3.87. The minimum atomic E-state index is -0.672. The fourth-order valence-electron chi connectivity index (χ4n) is 3.72. The van der Waals surface area contributed by atoms with Gasteiger partial charge in [0.15, 0.2) is 0 Å². The molecule has 26 heavy (non-hydrogen) atoms. The van der Waals surface area contributed by atoms with Crippen molar-refractivity contribution in [1.82, 2.24) is 10.2 Å². The molecule has 0 spiro atoms. The summed E-state index contributed by atoms with van der Waals surface area (Å²) in [7, 11) is 0. The molecule has 1 heterocycles. The van der Waals surface area contributed by atoms with Gasteiger partial charge in [-0.3, -0.25) is 29.4 Å². The number of amides is 3. The van der Waals surface area contributed by atoms with Crippen molar-refractivity contribution in [3.05, 3.63) is 39.4 Å².